The van der Waals surface area contributed by atoms with Gasteiger partial charge in [-0.1, -0.05) is 0 Å². The van der Waals surface area contributed by atoms with Crippen molar-refractivity contribution in [2.75, 3.05) is 0 Å². The van der Waals surface area contributed by atoms with E-state index in [-0.39, 0.29) is 14.0 Å². The Morgan fingerprint density at radius 1 is 1.46 bits per heavy atom. The van der Waals surface area contributed by atoms with E-state index in [4.69, 9.17) is 33.3 Å². The van der Waals surface area contributed by atoms with Gasteiger partial charge in [0.2, 0.25) is 0 Å². The van der Waals surface area contributed by atoms with Crippen LogP contribution in [0, 0.1) is 0 Å². The zero-order chi connectivity index (χ0) is 10.0. The van der Waals surface area contributed by atoms with Gasteiger partial charge in [-0.15, -0.1) is 0 Å². The van der Waals surface area contributed by atoms with Crippen molar-refractivity contribution >= 4 is 73.0 Å². The van der Waals surface area contributed by atoms with E-state index in [0.717, 1.165) is 0 Å². The van der Waals surface area contributed by atoms with Crippen LogP contribution in [-0.4, -0.2) is 19.3 Å². The Kier molecular flexibility index (Phi) is 4.56. The van der Waals surface area contributed by atoms with E-state index in [2.05, 4.69) is 15.9 Å². The Hall–Kier alpha value is 0.759. The number of benzene rings is 1. The Balaban J connectivity index is 3.33. The van der Waals surface area contributed by atoms with Crippen LogP contribution in [0.5, 0.6) is 0 Å². The molecule has 0 spiro atoms. The molecular weight excluding hydrogens is 365 g/mol. The zero-order valence-electron chi connectivity index (χ0n) is 5.98. The number of hydrogen-bond acceptors (Lipinski definition) is 1. The number of rotatable bonds is 2. The van der Waals surface area contributed by atoms with Gasteiger partial charge in [0, 0.05) is 0 Å². The molecule has 0 saturated heterocycles. The minimum absolute atomic E-state index is 0.315. The van der Waals surface area contributed by atoms with Crippen molar-refractivity contribution in [3.8, 4) is 0 Å². The van der Waals surface area contributed by atoms with Crippen LogP contribution >= 0.6 is 49.2 Å². The normalized spacial score (nSPS) is 10.2. The fourth-order valence-corrected chi connectivity index (χ4v) is 3.18. The van der Waals surface area contributed by atoms with Crippen molar-refractivity contribution in [2.45, 2.75) is 0 Å². The zero-order valence-corrected chi connectivity index (χ0v) is 11.5. The molecule has 1 rings (SSSR count). The molecule has 0 aliphatic heterocycles. The molecule has 0 N–H and O–H groups in total. The summed E-state index contributed by atoms with van der Waals surface area (Å²) in [5.74, 6) is 0. The second-order valence-corrected chi connectivity index (χ2v) is 5.77. The van der Waals surface area contributed by atoms with Gasteiger partial charge in [0.15, 0.2) is 0 Å². The summed E-state index contributed by atoms with van der Waals surface area (Å²) in [5.41, 5.74) is 0.410. The number of hydrogen-bond donors (Lipinski definition) is 0. The summed E-state index contributed by atoms with van der Waals surface area (Å²) in [4.78, 5) is 10.9. The second-order valence-electron chi connectivity index (χ2n) is 2.11. The van der Waals surface area contributed by atoms with Crippen molar-refractivity contribution < 1.29 is 4.79 Å². The number of carbonyl (C=O) groups is 1. The average molecular weight is 367 g/mol. The van der Waals surface area contributed by atoms with Gasteiger partial charge in [0.25, 0.3) is 0 Å². The summed E-state index contributed by atoms with van der Waals surface area (Å²) in [6.45, 7) is 0. The molecule has 70 valence electrons. The molecule has 0 atom stereocenters. The van der Waals surface area contributed by atoms with Crippen molar-refractivity contribution in [2.24, 2.45) is 0 Å². The van der Waals surface area contributed by atoms with E-state index in [9.17, 15) is 4.79 Å². The molecule has 0 saturated carbocycles. The third-order valence-corrected chi connectivity index (χ3v) is 4.64. The van der Waals surface area contributed by atoms with E-state index in [0.29, 0.717) is 19.5 Å². The fourth-order valence-electron chi connectivity index (χ4n) is 0.746. The van der Waals surface area contributed by atoms with Gasteiger partial charge in [-0.05, 0) is 0 Å². The van der Waals surface area contributed by atoms with Crippen molar-refractivity contribution in [1.82, 2.24) is 0 Å². The first-order valence-corrected chi connectivity index (χ1v) is 7.69. The van der Waals surface area contributed by atoms with E-state index >= 15 is 0 Å². The van der Waals surface area contributed by atoms with Gasteiger partial charge in [-0.25, -0.2) is 0 Å². The molecule has 0 fully saturated rings. The van der Waals surface area contributed by atoms with Crippen LogP contribution < -0.4 is 4.46 Å². The van der Waals surface area contributed by atoms with E-state index in [1.165, 1.54) is 0 Å². The van der Waals surface area contributed by atoms with E-state index in [1.807, 2.05) is 0 Å². The Labute approximate surface area is 104 Å². The van der Waals surface area contributed by atoms with Crippen LogP contribution in [0.2, 0.25) is 5.02 Å². The molecule has 6 heteroatoms. The van der Waals surface area contributed by atoms with Gasteiger partial charge in [-0.2, -0.15) is 0 Å². The first kappa shape index (κ1) is 11.8. The summed E-state index contributed by atoms with van der Waals surface area (Å²) in [5, 5.41) is 0.00841. The van der Waals surface area contributed by atoms with Crippen molar-refractivity contribution in [3.05, 3.63) is 27.2 Å². The first-order chi connectivity index (χ1) is 6.06. The molecule has 13 heavy (non-hydrogen) atoms. The maximum atomic E-state index is 10.9. The number of halogens is 4. The molecule has 0 unspecified atom stereocenters. The van der Waals surface area contributed by atoms with E-state index < -0.39 is 5.24 Å². The molecule has 0 aliphatic rings. The number of carbonyl (C=O) groups excluding carboxylic acids is 1. The van der Waals surface area contributed by atoms with Gasteiger partial charge in [-0.3, -0.25) is 0 Å². The molecule has 0 radical (unpaired) electrons. The summed E-state index contributed by atoms with van der Waals surface area (Å²) in [6.07, 6.45) is 0. The predicted molar refractivity (Wildman–Crippen MR) is 60.6 cm³/mol. The summed E-state index contributed by atoms with van der Waals surface area (Å²) < 4.78 is 1.34. The van der Waals surface area contributed by atoms with Gasteiger partial charge in [0.05, 0.1) is 0 Å². The standard InChI is InChI=1S/C7H2BrCl3OSe/c8-4-1-3(7(10)12)6(13-11)2-5(4)9/h1-2H. The summed E-state index contributed by atoms with van der Waals surface area (Å²) >= 11 is 14.1. The predicted octanol–water partition coefficient (Wildman–Crippen LogP) is 2.96. The van der Waals surface area contributed by atoms with E-state index in [1.54, 1.807) is 12.1 Å². The molecule has 0 bridgehead atoms. The van der Waals surface area contributed by atoms with Gasteiger partial charge < -0.3 is 0 Å². The van der Waals surface area contributed by atoms with Crippen molar-refractivity contribution in [3.63, 3.8) is 0 Å². The summed E-state index contributed by atoms with van der Waals surface area (Å²) in [7, 11) is 5.68. The molecule has 1 aromatic rings. The first-order valence-electron chi connectivity index (χ1n) is 3.03. The summed E-state index contributed by atoms with van der Waals surface area (Å²) in [6, 6.07) is 3.23. The maximum absolute atomic E-state index is 10.9. The third kappa shape index (κ3) is 2.85. The molecular formula is C7H2BrCl3OSe. The van der Waals surface area contributed by atoms with Gasteiger partial charge >= 0.3 is 105 Å². The van der Waals surface area contributed by atoms with Gasteiger partial charge in [0.1, 0.15) is 0 Å². The Morgan fingerprint density at radius 2 is 2.08 bits per heavy atom. The fraction of sp³-hybridized carbons (Fsp3) is 0. The molecule has 1 nitrogen and oxygen atoms in total. The monoisotopic (exact) mass is 366 g/mol. The molecule has 0 aliphatic carbocycles. The Bertz CT molecular complexity index is 356. The van der Waals surface area contributed by atoms with Crippen LogP contribution in [0.3, 0.4) is 0 Å². The quantitative estimate of drug-likeness (QED) is 0.580. The molecule has 0 amide bonds. The van der Waals surface area contributed by atoms with Crippen LogP contribution in [0.1, 0.15) is 10.4 Å². The van der Waals surface area contributed by atoms with Crippen LogP contribution in [-0.2, 0) is 0 Å². The molecule has 0 heterocycles. The average Bonchev–Trinajstić information content (AvgIpc) is 2.08. The topological polar surface area (TPSA) is 17.1 Å². The molecule has 1 aromatic carbocycles. The van der Waals surface area contributed by atoms with Crippen LogP contribution in [0.25, 0.3) is 0 Å². The van der Waals surface area contributed by atoms with Crippen molar-refractivity contribution in [1.29, 1.82) is 0 Å². The Morgan fingerprint density at radius 3 is 2.54 bits per heavy atom. The second kappa shape index (κ2) is 5.01. The third-order valence-electron chi connectivity index (χ3n) is 1.32. The molecule has 0 aromatic heterocycles. The van der Waals surface area contributed by atoms with Crippen LogP contribution in [0.15, 0.2) is 16.6 Å². The minimum atomic E-state index is -0.519. The SMILES string of the molecule is O=C(Cl)c1cc(Br)c(Cl)cc1[Se]Cl. The van der Waals surface area contributed by atoms with Crippen LogP contribution in [0.4, 0.5) is 0 Å².